The van der Waals surface area contributed by atoms with Crippen LogP contribution in [0.3, 0.4) is 0 Å². The first-order valence-corrected chi connectivity index (χ1v) is 9.19. The maximum Gasteiger partial charge on any atom is 0.127 e. The van der Waals surface area contributed by atoms with Crippen LogP contribution in [0.15, 0.2) is 73.2 Å². The van der Waals surface area contributed by atoms with Crippen LogP contribution in [0.2, 0.25) is 0 Å². The fourth-order valence-electron chi connectivity index (χ4n) is 3.25. The van der Waals surface area contributed by atoms with E-state index in [0.717, 1.165) is 22.2 Å². The Bertz CT molecular complexity index is 1160. The summed E-state index contributed by atoms with van der Waals surface area (Å²) in [6.07, 6.45) is 5.03. The summed E-state index contributed by atoms with van der Waals surface area (Å²) in [5, 5.41) is 28.9. The molecule has 2 aromatic carbocycles. The number of fused-ring (bicyclic) bond motifs is 1. The van der Waals surface area contributed by atoms with Crippen molar-refractivity contribution in [2.45, 2.75) is 12.5 Å². The zero-order valence-electron chi connectivity index (χ0n) is 15.6. The summed E-state index contributed by atoms with van der Waals surface area (Å²) in [5.74, 6) is 1.34. The molecule has 29 heavy (non-hydrogen) atoms. The summed E-state index contributed by atoms with van der Waals surface area (Å²) in [6, 6.07) is 18.6. The monoisotopic (exact) mass is 385 g/mol. The molecule has 6 nitrogen and oxygen atoms in total. The van der Waals surface area contributed by atoms with Gasteiger partial charge in [-0.05, 0) is 60.2 Å². The second-order valence-electron chi connectivity index (χ2n) is 6.69. The van der Waals surface area contributed by atoms with Crippen LogP contribution < -0.4 is 4.74 Å². The number of aliphatic hydroxyl groups is 2. The topological polar surface area (TPSA) is 91.3 Å². The Balaban J connectivity index is 1.61. The predicted molar refractivity (Wildman–Crippen MR) is 109 cm³/mol. The Morgan fingerprint density at radius 1 is 1.03 bits per heavy atom. The first kappa shape index (κ1) is 18.7. The average molecular weight is 385 g/mol. The van der Waals surface area contributed by atoms with E-state index in [2.05, 4.69) is 11.1 Å². The fraction of sp³-hybridized carbons (Fsp3) is 0.130. The summed E-state index contributed by atoms with van der Waals surface area (Å²) in [7, 11) is 0. The summed E-state index contributed by atoms with van der Waals surface area (Å²) >= 11 is 0. The van der Waals surface area contributed by atoms with Crippen molar-refractivity contribution in [3.8, 4) is 23.3 Å². The van der Waals surface area contributed by atoms with E-state index < -0.39 is 6.10 Å². The van der Waals surface area contributed by atoms with Gasteiger partial charge in [0.05, 0.1) is 36.1 Å². The number of nitrogens with zero attached hydrogens (tertiary/aromatic N) is 3. The number of aliphatic hydroxyl groups excluding tert-OH is 2. The minimum absolute atomic E-state index is 0.279. The van der Waals surface area contributed by atoms with Crippen LogP contribution in [-0.2, 0) is 6.42 Å². The number of hydrogen-bond donors (Lipinski definition) is 2. The van der Waals surface area contributed by atoms with E-state index in [1.165, 1.54) is 0 Å². The summed E-state index contributed by atoms with van der Waals surface area (Å²) in [5.41, 5.74) is 3.39. The van der Waals surface area contributed by atoms with Gasteiger partial charge in [0, 0.05) is 29.9 Å². The van der Waals surface area contributed by atoms with Gasteiger partial charge in [-0.15, -0.1) is 0 Å². The van der Waals surface area contributed by atoms with E-state index in [1.807, 2.05) is 41.1 Å². The highest BCUT2D eigenvalue weighted by Gasteiger charge is 2.13. The molecule has 0 unspecified atom stereocenters. The van der Waals surface area contributed by atoms with Gasteiger partial charge < -0.3 is 19.5 Å². The van der Waals surface area contributed by atoms with Crippen molar-refractivity contribution < 1.29 is 14.9 Å². The Morgan fingerprint density at radius 2 is 1.72 bits per heavy atom. The van der Waals surface area contributed by atoms with Gasteiger partial charge in [-0.25, -0.2) is 0 Å². The predicted octanol–water partition coefficient (Wildman–Crippen LogP) is 3.59. The smallest absolute Gasteiger partial charge is 0.127 e. The third-order valence-corrected chi connectivity index (χ3v) is 4.69. The van der Waals surface area contributed by atoms with Crippen molar-refractivity contribution in [1.82, 2.24) is 9.55 Å². The van der Waals surface area contributed by atoms with Crippen molar-refractivity contribution >= 4 is 10.9 Å². The summed E-state index contributed by atoms with van der Waals surface area (Å²) in [4.78, 5) is 4.22. The van der Waals surface area contributed by atoms with Gasteiger partial charge in [0.1, 0.15) is 11.5 Å². The van der Waals surface area contributed by atoms with Gasteiger partial charge in [-0.1, -0.05) is 0 Å². The lowest BCUT2D eigenvalue weighted by atomic mass is 10.1. The van der Waals surface area contributed by atoms with E-state index in [9.17, 15) is 10.2 Å². The fourth-order valence-corrected chi connectivity index (χ4v) is 3.25. The molecule has 0 spiro atoms. The molecule has 0 amide bonds. The van der Waals surface area contributed by atoms with Crippen molar-refractivity contribution in [1.29, 1.82) is 5.26 Å². The van der Waals surface area contributed by atoms with Crippen LogP contribution in [0, 0.1) is 11.3 Å². The number of benzene rings is 2. The van der Waals surface area contributed by atoms with Gasteiger partial charge in [0.2, 0.25) is 0 Å². The Morgan fingerprint density at radius 3 is 2.38 bits per heavy atom. The Kier molecular flexibility index (Phi) is 5.25. The van der Waals surface area contributed by atoms with Crippen molar-refractivity contribution in [2.75, 3.05) is 6.61 Å². The van der Waals surface area contributed by atoms with Crippen molar-refractivity contribution in [3.05, 3.63) is 84.3 Å². The minimum Gasteiger partial charge on any atom is -0.457 e. The van der Waals surface area contributed by atoms with Gasteiger partial charge in [-0.2, -0.15) is 5.26 Å². The molecule has 4 rings (SSSR count). The standard InChI is InChI=1S/C23H19N3O3/c24-12-16-1-5-20(6-2-16)29-21-7-3-18(4-8-21)26-14-17(11-19(28)15-27)22-9-10-25-13-23(22)26/h1-10,13-14,19,27-28H,11,15H2/t19-/m0/s1. The normalized spacial score (nSPS) is 11.9. The van der Waals surface area contributed by atoms with Crippen LogP contribution in [0.4, 0.5) is 0 Å². The van der Waals surface area contributed by atoms with Gasteiger partial charge in [-0.3, -0.25) is 4.98 Å². The first-order chi connectivity index (χ1) is 14.2. The molecule has 0 aliphatic heterocycles. The molecule has 0 aliphatic rings. The quantitative estimate of drug-likeness (QED) is 0.529. The number of pyridine rings is 1. The van der Waals surface area contributed by atoms with Gasteiger partial charge in [0.25, 0.3) is 0 Å². The van der Waals surface area contributed by atoms with Crippen LogP contribution >= 0.6 is 0 Å². The van der Waals surface area contributed by atoms with Crippen LogP contribution in [0.25, 0.3) is 16.6 Å². The molecule has 0 saturated carbocycles. The molecule has 2 aromatic heterocycles. The third-order valence-electron chi connectivity index (χ3n) is 4.69. The zero-order valence-corrected chi connectivity index (χ0v) is 15.6. The molecule has 6 heteroatoms. The van der Waals surface area contributed by atoms with Gasteiger partial charge >= 0.3 is 0 Å². The number of nitriles is 1. The molecule has 0 aliphatic carbocycles. The molecule has 0 saturated heterocycles. The van der Waals surface area contributed by atoms with Crippen LogP contribution in [-0.4, -0.2) is 32.5 Å². The molecule has 0 radical (unpaired) electrons. The minimum atomic E-state index is -0.801. The molecule has 4 aromatic rings. The van der Waals surface area contributed by atoms with Crippen LogP contribution in [0.1, 0.15) is 11.1 Å². The molecular formula is C23H19N3O3. The summed E-state index contributed by atoms with van der Waals surface area (Å²) in [6.45, 7) is -0.279. The highest BCUT2D eigenvalue weighted by molar-refractivity contribution is 5.84. The number of ether oxygens (including phenoxy) is 1. The molecule has 0 fully saturated rings. The SMILES string of the molecule is N#Cc1ccc(Oc2ccc(-n3cc(C[C@H](O)CO)c4ccncc43)cc2)cc1. The average Bonchev–Trinajstić information content (AvgIpc) is 3.13. The lowest BCUT2D eigenvalue weighted by molar-refractivity contribution is 0.0957. The van der Waals surface area contributed by atoms with E-state index in [1.54, 1.807) is 36.7 Å². The second kappa shape index (κ2) is 8.15. The van der Waals surface area contributed by atoms with E-state index >= 15 is 0 Å². The maximum absolute atomic E-state index is 9.85. The maximum atomic E-state index is 9.85. The molecule has 0 bridgehead atoms. The van der Waals surface area contributed by atoms with Crippen LogP contribution in [0.5, 0.6) is 11.5 Å². The zero-order chi connectivity index (χ0) is 20.2. The Hall–Kier alpha value is -3.66. The van der Waals surface area contributed by atoms with E-state index in [4.69, 9.17) is 10.00 Å². The third kappa shape index (κ3) is 3.97. The molecule has 2 heterocycles. The lowest BCUT2D eigenvalue weighted by Crippen LogP contribution is -2.14. The molecule has 1 atom stereocenters. The highest BCUT2D eigenvalue weighted by Crippen LogP contribution is 2.28. The van der Waals surface area contributed by atoms with Gasteiger partial charge in [0.15, 0.2) is 0 Å². The highest BCUT2D eigenvalue weighted by atomic mass is 16.5. The largest absolute Gasteiger partial charge is 0.457 e. The number of rotatable bonds is 6. The van der Waals surface area contributed by atoms with Crippen molar-refractivity contribution in [3.63, 3.8) is 0 Å². The number of hydrogen-bond acceptors (Lipinski definition) is 5. The number of aromatic nitrogens is 2. The van der Waals surface area contributed by atoms with E-state index in [0.29, 0.717) is 23.5 Å². The lowest BCUT2D eigenvalue weighted by Gasteiger charge is -2.09. The molecule has 144 valence electrons. The second-order valence-corrected chi connectivity index (χ2v) is 6.69. The van der Waals surface area contributed by atoms with E-state index in [-0.39, 0.29) is 6.61 Å². The Labute approximate surface area is 167 Å². The first-order valence-electron chi connectivity index (χ1n) is 9.19. The summed E-state index contributed by atoms with van der Waals surface area (Å²) < 4.78 is 7.84. The molecule has 2 N–H and O–H groups in total. The van der Waals surface area contributed by atoms with Crippen molar-refractivity contribution in [2.24, 2.45) is 0 Å². The molecular weight excluding hydrogens is 366 g/mol.